The quantitative estimate of drug-likeness (QED) is 0.901. The van der Waals surface area contributed by atoms with Gasteiger partial charge < -0.3 is 5.11 Å². The highest BCUT2D eigenvalue weighted by Gasteiger charge is 2.19. The van der Waals surface area contributed by atoms with E-state index in [1.165, 1.54) is 11.9 Å². The van der Waals surface area contributed by atoms with Crippen LogP contribution in [0.4, 0.5) is 0 Å². The number of fused-ring (bicyclic) bond motifs is 1. The van der Waals surface area contributed by atoms with Crippen LogP contribution < -0.4 is 0 Å². The van der Waals surface area contributed by atoms with Gasteiger partial charge in [-0.1, -0.05) is 19.4 Å². The third kappa shape index (κ3) is 2.67. The van der Waals surface area contributed by atoms with E-state index in [0.29, 0.717) is 6.42 Å². The predicted molar refractivity (Wildman–Crippen MR) is 73.8 cm³/mol. The van der Waals surface area contributed by atoms with Gasteiger partial charge >= 0.3 is 5.97 Å². The summed E-state index contributed by atoms with van der Waals surface area (Å²) >= 11 is 1.32. The van der Waals surface area contributed by atoms with Crippen LogP contribution in [0.15, 0.2) is 24.5 Å². The number of rotatable bonds is 5. The molecule has 18 heavy (non-hydrogen) atoms. The van der Waals surface area contributed by atoms with E-state index < -0.39 is 11.2 Å². The number of carboxylic acid groups (broad SMARTS) is 1. The van der Waals surface area contributed by atoms with Crippen molar-refractivity contribution in [1.82, 2.24) is 8.96 Å². The number of hydrogen-bond donors (Lipinski definition) is 1. The minimum absolute atomic E-state index is 0.422. The first kappa shape index (κ1) is 13.0. The summed E-state index contributed by atoms with van der Waals surface area (Å²) in [6.07, 6.45) is 3.21. The number of carboxylic acids is 1. The summed E-state index contributed by atoms with van der Waals surface area (Å²) in [6.45, 7) is 4.01. The highest BCUT2D eigenvalue weighted by molar-refractivity contribution is 7.99. The molecule has 1 aromatic carbocycles. The highest BCUT2D eigenvalue weighted by atomic mass is 32.2. The monoisotopic (exact) mass is 264 g/mol. The summed E-state index contributed by atoms with van der Waals surface area (Å²) in [7, 11) is 0. The molecule has 1 aromatic heterocycles. The van der Waals surface area contributed by atoms with Gasteiger partial charge in [-0.25, -0.2) is 4.98 Å². The molecule has 96 valence electrons. The van der Waals surface area contributed by atoms with E-state index in [4.69, 9.17) is 5.11 Å². The number of imidazole rings is 1. The Labute approximate surface area is 110 Å². The number of aromatic nitrogens is 2. The van der Waals surface area contributed by atoms with Gasteiger partial charge in [0, 0.05) is 0 Å². The van der Waals surface area contributed by atoms with Crippen LogP contribution in [0.25, 0.3) is 11.0 Å². The van der Waals surface area contributed by atoms with Crippen molar-refractivity contribution in [2.75, 3.05) is 0 Å². The normalized spacial score (nSPS) is 12.8. The fourth-order valence-corrected chi connectivity index (χ4v) is 2.88. The predicted octanol–water partition coefficient (Wildman–Crippen LogP) is 3.09. The molecule has 0 spiro atoms. The highest BCUT2D eigenvalue weighted by Crippen LogP contribution is 2.24. The van der Waals surface area contributed by atoms with Gasteiger partial charge in [-0.3, -0.25) is 8.77 Å². The summed E-state index contributed by atoms with van der Waals surface area (Å²) in [4.78, 5) is 15.5. The van der Waals surface area contributed by atoms with Gasteiger partial charge in [0.1, 0.15) is 11.6 Å². The molecule has 1 N–H and O–H groups in total. The van der Waals surface area contributed by atoms with E-state index in [2.05, 4.69) is 4.98 Å². The van der Waals surface area contributed by atoms with Crippen molar-refractivity contribution >= 4 is 29.0 Å². The second-order valence-corrected chi connectivity index (χ2v) is 5.46. The van der Waals surface area contributed by atoms with Gasteiger partial charge in [-0.15, -0.1) is 0 Å². The zero-order chi connectivity index (χ0) is 13.1. The average Bonchev–Trinajstić information content (AvgIpc) is 2.71. The molecule has 1 heterocycles. The van der Waals surface area contributed by atoms with E-state index in [-0.39, 0.29) is 0 Å². The summed E-state index contributed by atoms with van der Waals surface area (Å²) in [5.41, 5.74) is 3.03. The molecule has 0 aliphatic carbocycles. The smallest absolute Gasteiger partial charge is 0.318 e. The van der Waals surface area contributed by atoms with Crippen LogP contribution >= 0.6 is 11.9 Å². The van der Waals surface area contributed by atoms with Crippen molar-refractivity contribution in [3.05, 3.63) is 30.1 Å². The first-order valence-corrected chi connectivity index (χ1v) is 6.79. The second-order valence-electron chi connectivity index (χ2n) is 4.28. The molecule has 0 aliphatic rings. The molecular formula is C13H16N2O2S. The summed E-state index contributed by atoms with van der Waals surface area (Å²) in [5.74, 6) is -0.768. The van der Waals surface area contributed by atoms with Gasteiger partial charge in [0.05, 0.1) is 11.0 Å². The SMILES string of the molecule is CCCC(Sn1cnc2cc(C)ccc21)C(=O)O. The topological polar surface area (TPSA) is 55.1 Å². The van der Waals surface area contributed by atoms with Crippen LogP contribution in [0.3, 0.4) is 0 Å². The van der Waals surface area contributed by atoms with Crippen LogP contribution in [-0.4, -0.2) is 25.3 Å². The van der Waals surface area contributed by atoms with Crippen LogP contribution in [0.5, 0.6) is 0 Å². The number of aliphatic carboxylic acids is 1. The van der Waals surface area contributed by atoms with Crippen LogP contribution in [0.2, 0.25) is 0 Å². The van der Waals surface area contributed by atoms with Crippen LogP contribution in [0.1, 0.15) is 25.3 Å². The molecule has 0 radical (unpaired) electrons. The molecule has 0 saturated heterocycles. The second kappa shape index (κ2) is 5.44. The Kier molecular flexibility index (Phi) is 3.91. The molecule has 0 saturated carbocycles. The van der Waals surface area contributed by atoms with Gasteiger partial charge in [0.25, 0.3) is 0 Å². The zero-order valence-electron chi connectivity index (χ0n) is 10.5. The van der Waals surface area contributed by atoms with Crippen molar-refractivity contribution in [3.63, 3.8) is 0 Å². The van der Waals surface area contributed by atoms with E-state index in [1.54, 1.807) is 6.33 Å². The molecule has 0 bridgehead atoms. The van der Waals surface area contributed by atoms with Crippen molar-refractivity contribution in [1.29, 1.82) is 0 Å². The maximum atomic E-state index is 11.2. The molecule has 1 unspecified atom stereocenters. The lowest BCUT2D eigenvalue weighted by Crippen LogP contribution is -2.17. The van der Waals surface area contributed by atoms with E-state index in [9.17, 15) is 4.79 Å². The first-order valence-electron chi connectivity index (χ1n) is 5.95. The number of aryl methyl sites for hydroxylation is 1. The summed E-state index contributed by atoms with van der Waals surface area (Å²) < 4.78 is 1.85. The molecule has 5 heteroatoms. The summed E-state index contributed by atoms with van der Waals surface area (Å²) in [6, 6.07) is 5.99. The molecular weight excluding hydrogens is 248 g/mol. The Morgan fingerprint density at radius 3 is 3.00 bits per heavy atom. The summed E-state index contributed by atoms with van der Waals surface area (Å²) in [5, 5.41) is 8.74. The number of carbonyl (C=O) groups is 1. The molecule has 0 amide bonds. The van der Waals surface area contributed by atoms with Gasteiger partial charge in [-0.05, 0) is 43.0 Å². The lowest BCUT2D eigenvalue weighted by molar-refractivity contribution is -0.136. The maximum absolute atomic E-state index is 11.2. The lowest BCUT2D eigenvalue weighted by atomic mass is 10.2. The minimum atomic E-state index is -0.768. The lowest BCUT2D eigenvalue weighted by Gasteiger charge is -2.11. The minimum Gasteiger partial charge on any atom is -0.480 e. The number of hydrogen-bond acceptors (Lipinski definition) is 3. The van der Waals surface area contributed by atoms with Gasteiger partial charge in [0.15, 0.2) is 0 Å². The van der Waals surface area contributed by atoms with Crippen molar-refractivity contribution < 1.29 is 9.90 Å². The number of benzene rings is 1. The van der Waals surface area contributed by atoms with Crippen molar-refractivity contribution in [2.45, 2.75) is 31.9 Å². The third-order valence-corrected chi connectivity index (χ3v) is 3.95. The van der Waals surface area contributed by atoms with Crippen molar-refractivity contribution in [2.24, 2.45) is 0 Å². The Bertz CT molecular complexity index is 565. The first-order chi connectivity index (χ1) is 8.61. The Morgan fingerprint density at radius 1 is 1.56 bits per heavy atom. The maximum Gasteiger partial charge on any atom is 0.318 e. The molecule has 2 aromatic rings. The standard InChI is InChI=1S/C13H16N2O2S/c1-3-4-12(13(16)17)18-15-8-14-10-7-9(2)5-6-11(10)15/h5-8,12H,3-4H2,1-2H3,(H,16,17). The van der Waals surface area contributed by atoms with Crippen LogP contribution in [0, 0.1) is 6.92 Å². The molecule has 1 atom stereocenters. The van der Waals surface area contributed by atoms with E-state index >= 15 is 0 Å². The Balaban J connectivity index is 2.28. The van der Waals surface area contributed by atoms with Crippen molar-refractivity contribution in [3.8, 4) is 0 Å². The molecule has 2 rings (SSSR count). The zero-order valence-corrected chi connectivity index (χ0v) is 11.3. The average molecular weight is 264 g/mol. The molecule has 0 fully saturated rings. The Morgan fingerprint density at radius 2 is 2.33 bits per heavy atom. The third-order valence-electron chi connectivity index (χ3n) is 2.74. The van der Waals surface area contributed by atoms with Crippen LogP contribution in [-0.2, 0) is 4.79 Å². The van der Waals surface area contributed by atoms with E-state index in [0.717, 1.165) is 23.0 Å². The fraction of sp³-hybridized carbons (Fsp3) is 0.385. The number of nitrogens with zero attached hydrogens (tertiary/aromatic N) is 2. The van der Waals surface area contributed by atoms with Gasteiger partial charge in [0.2, 0.25) is 0 Å². The largest absolute Gasteiger partial charge is 0.480 e. The molecule has 4 nitrogen and oxygen atoms in total. The Hall–Kier alpha value is -1.49. The molecule has 0 aliphatic heterocycles. The fourth-order valence-electron chi connectivity index (χ4n) is 1.80. The van der Waals surface area contributed by atoms with Gasteiger partial charge in [-0.2, -0.15) is 0 Å². The van der Waals surface area contributed by atoms with E-state index in [1.807, 2.05) is 36.0 Å².